The van der Waals surface area contributed by atoms with Crippen LogP contribution in [0, 0.1) is 0 Å². The Morgan fingerprint density at radius 2 is 1.00 bits per heavy atom. The van der Waals surface area contributed by atoms with Gasteiger partial charge in [0.05, 0.1) is 8.22 Å². The van der Waals surface area contributed by atoms with Crippen molar-refractivity contribution in [1.82, 2.24) is 0 Å². The molecule has 0 unspecified atom stereocenters. The Kier molecular flexibility index (Phi) is 4.11. The monoisotopic (exact) mass is 552 g/mol. The predicted octanol–water partition coefficient (Wildman–Crippen LogP) is 12.0. The van der Waals surface area contributed by atoms with Gasteiger partial charge in [-0.2, -0.15) is 0 Å². The van der Waals surface area contributed by atoms with E-state index in [0.29, 0.717) is 22.3 Å². The van der Waals surface area contributed by atoms with Crippen LogP contribution in [-0.2, 0) is 0 Å². The molecule has 1 nitrogen and oxygen atoms in total. The third-order valence-electron chi connectivity index (χ3n) is 8.36. The van der Waals surface area contributed by atoms with Crippen LogP contribution < -0.4 is 0 Å². The molecule has 0 radical (unpaired) electrons. The number of hydrogen-bond donors (Lipinski definition) is 0. The minimum absolute atomic E-state index is 0.0381. The Labute approximate surface area is 257 Å². The van der Waals surface area contributed by atoms with Gasteiger partial charge in [-0.1, -0.05) is 139 Å². The van der Waals surface area contributed by atoms with Crippen LogP contribution in [0.5, 0.6) is 0 Å². The zero-order chi connectivity index (χ0) is 33.6. The molecule has 0 aliphatic heterocycles. The molecule has 0 amide bonds. The number of rotatable bonds is 3. The topological polar surface area (TPSA) is 13.1 Å². The summed E-state index contributed by atoms with van der Waals surface area (Å²) in [6.07, 6.45) is 0. The second-order valence-corrected chi connectivity index (χ2v) is 10.7. The van der Waals surface area contributed by atoms with Gasteiger partial charge in [0, 0.05) is 21.9 Å². The highest BCUT2D eigenvalue weighted by atomic mass is 16.3. The van der Waals surface area contributed by atoms with E-state index in [0.717, 1.165) is 54.6 Å². The summed E-state index contributed by atoms with van der Waals surface area (Å²) in [5, 5.41) is 5.78. The second kappa shape index (κ2) is 9.44. The van der Waals surface area contributed by atoms with Crippen molar-refractivity contribution in [2.45, 2.75) is 0 Å². The van der Waals surface area contributed by atoms with Crippen LogP contribution in [0.15, 0.2) is 162 Å². The fraction of sp³-hybridized carbons (Fsp3) is 0. The number of para-hydroxylation sites is 2. The van der Waals surface area contributed by atoms with E-state index in [9.17, 15) is 2.74 Å². The highest BCUT2D eigenvalue weighted by Crippen LogP contribution is 2.48. The van der Waals surface area contributed by atoms with Crippen LogP contribution >= 0.6 is 0 Å². The van der Waals surface area contributed by atoms with E-state index in [4.69, 9.17) is 9.90 Å². The average molecular weight is 553 g/mol. The summed E-state index contributed by atoms with van der Waals surface area (Å²) in [5.41, 5.74) is 5.49. The molecule has 0 aliphatic rings. The van der Waals surface area contributed by atoms with Crippen LogP contribution in [-0.4, -0.2) is 0 Å². The van der Waals surface area contributed by atoms with Crippen molar-refractivity contribution < 1.29 is 12.6 Å². The van der Waals surface area contributed by atoms with E-state index in [2.05, 4.69) is 30.3 Å². The zero-order valence-corrected chi connectivity index (χ0v) is 23.0. The van der Waals surface area contributed by atoms with E-state index in [1.54, 1.807) is 0 Å². The van der Waals surface area contributed by atoms with Crippen molar-refractivity contribution in [3.8, 4) is 33.4 Å². The van der Waals surface area contributed by atoms with Gasteiger partial charge < -0.3 is 4.42 Å². The Morgan fingerprint density at radius 1 is 0.419 bits per heavy atom. The fourth-order valence-corrected chi connectivity index (χ4v) is 6.51. The summed E-state index contributed by atoms with van der Waals surface area (Å²) >= 11 is 0. The number of furan rings is 1. The van der Waals surface area contributed by atoms with Crippen LogP contribution in [0.4, 0.5) is 0 Å². The number of benzene rings is 8. The Bertz CT molecular complexity index is 2780. The second-order valence-electron chi connectivity index (χ2n) is 10.7. The Hall–Kier alpha value is -5.66. The summed E-state index contributed by atoms with van der Waals surface area (Å²) in [5.74, 6) is 0. The molecular formula is C42H26O. The molecule has 0 saturated heterocycles. The lowest BCUT2D eigenvalue weighted by atomic mass is 9.83. The van der Waals surface area contributed by atoms with Crippen molar-refractivity contribution in [1.29, 1.82) is 0 Å². The highest BCUT2D eigenvalue weighted by molar-refractivity contribution is 6.26. The van der Waals surface area contributed by atoms with Gasteiger partial charge in [-0.3, -0.25) is 0 Å². The predicted molar refractivity (Wildman–Crippen MR) is 183 cm³/mol. The lowest BCUT2D eigenvalue weighted by molar-refractivity contribution is 0.670. The summed E-state index contributed by atoms with van der Waals surface area (Å²) in [7, 11) is 0. The summed E-state index contributed by atoms with van der Waals surface area (Å²) in [6.45, 7) is 0. The van der Waals surface area contributed by atoms with E-state index in [1.165, 1.54) is 0 Å². The van der Waals surface area contributed by atoms with Crippen molar-refractivity contribution in [3.05, 3.63) is 158 Å². The third-order valence-corrected chi connectivity index (χ3v) is 8.36. The molecule has 0 bridgehead atoms. The number of hydrogen-bond acceptors (Lipinski definition) is 1. The van der Waals surface area contributed by atoms with Gasteiger partial charge in [0.1, 0.15) is 11.2 Å². The summed E-state index contributed by atoms with van der Waals surface area (Å²) in [6, 6.07) is 38.0. The maximum atomic E-state index is 9.79. The molecule has 1 aromatic heterocycles. The van der Waals surface area contributed by atoms with E-state index in [1.807, 2.05) is 91.0 Å². The molecule has 1 heterocycles. The van der Waals surface area contributed by atoms with Crippen LogP contribution in [0.2, 0.25) is 0 Å². The first kappa shape index (κ1) is 18.7. The van der Waals surface area contributed by atoms with Gasteiger partial charge in [0.2, 0.25) is 0 Å². The summed E-state index contributed by atoms with van der Waals surface area (Å²) < 4.78 is 60.9. The maximum absolute atomic E-state index is 9.79. The molecule has 9 aromatic rings. The Morgan fingerprint density at radius 3 is 1.72 bits per heavy atom. The molecule has 43 heavy (non-hydrogen) atoms. The van der Waals surface area contributed by atoms with Crippen molar-refractivity contribution in [2.24, 2.45) is 0 Å². The largest absolute Gasteiger partial charge is 0.455 e. The smallest absolute Gasteiger partial charge is 0.143 e. The highest BCUT2D eigenvalue weighted by Gasteiger charge is 2.21. The van der Waals surface area contributed by atoms with Gasteiger partial charge >= 0.3 is 0 Å². The molecule has 0 N–H and O–H groups in total. The quantitative estimate of drug-likeness (QED) is 0.199. The van der Waals surface area contributed by atoms with Crippen molar-refractivity contribution >= 4 is 54.3 Å². The summed E-state index contributed by atoms with van der Waals surface area (Å²) in [4.78, 5) is 0. The van der Waals surface area contributed by atoms with E-state index < -0.39 is 12.1 Å². The van der Waals surface area contributed by atoms with Gasteiger partial charge in [-0.15, -0.1) is 0 Å². The third kappa shape index (κ3) is 3.65. The lowest BCUT2D eigenvalue weighted by Crippen LogP contribution is -1.92. The molecule has 1 heteroatoms. The van der Waals surface area contributed by atoms with Crippen LogP contribution in [0.3, 0.4) is 0 Å². The molecular weight excluding hydrogens is 520 g/mol. The van der Waals surface area contributed by atoms with E-state index in [-0.39, 0.29) is 34.9 Å². The molecule has 0 saturated carbocycles. The SMILES string of the molecule is [2H]c1c([2H])c([2H])c2c(-c3c4ccccc4c(-c4cccc5c4oc4ccccc45)c4ccccc34)c([2H])c(-c3ccccc3)c([2H])c2c1[2H]. The number of fused-ring (bicyclic) bond motifs is 6. The van der Waals surface area contributed by atoms with Gasteiger partial charge in [0.15, 0.2) is 0 Å². The van der Waals surface area contributed by atoms with E-state index >= 15 is 0 Å². The van der Waals surface area contributed by atoms with Gasteiger partial charge in [-0.05, 0) is 72.7 Å². The van der Waals surface area contributed by atoms with Crippen molar-refractivity contribution in [3.63, 3.8) is 0 Å². The molecule has 9 rings (SSSR count). The van der Waals surface area contributed by atoms with Crippen LogP contribution in [0.1, 0.15) is 8.22 Å². The average Bonchev–Trinajstić information content (AvgIpc) is 3.52. The Balaban J connectivity index is 1.51. The standard InChI is InChI=1S/C42H26O/c1-2-13-27(14-3-1)29-25-28-15-4-5-16-30(28)38(26-29)41-34-20-8-6-18-32(34)40(33-19-7-9-21-35(33)41)37-23-12-22-36-31-17-10-11-24-39(31)43-42(36)37/h1-26H/i4D,5D,15D,16D,25D,26D. The first-order chi connectivity index (χ1) is 23.9. The van der Waals surface area contributed by atoms with Crippen LogP contribution in [0.25, 0.3) is 87.6 Å². The van der Waals surface area contributed by atoms with Gasteiger partial charge in [0.25, 0.3) is 0 Å². The first-order valence-corrected chi connectivity index (χ1v) is 14.3. The molecule has 0 aliphatic carbocycles. The molecule has 8 aromatic carbocycles. The minimum Gasteiger partial charge on any atom is -0.455 e. The first-order valence-electron chi connectivity index (χ1n) is 17.3. The minimum atomic E-state index is -0.405. The lowest BCUT2D eigenvalue weighted by Gasteiger charge is -2.19. The fourth-order valence-electron chi connectivity index (χ4n) is 6.51. The van der Waals surface area contributed by atoms with Gasteiger partial charge in [-0.25, -0.2) is 0 Å². The molecule has 0 spiro atoms. The zero-order valence-electron chi connectivity index (χ0n) is 29.0. The molecule has 0 fully saturated rings. The maximum Gasteiger partial charge on any atom is 0.143 e. The molecule has 0 atom stereocenters. The van der Waals surface area contributed by atoms with Crippen molar-refractivity contribution in [2.75, 3.05) is 0 Å². The normalized spacial score (nSPS) is 13.7. The molecule has 200 valence electrons.